The zero-order valence-corrected chi connectivity index (χ0v) is 22.4. The summed E-state index contributed by atoms with van der Waals surface area (Å²) in [6.45, 7) is 12.7. The third-order valence-electron chi connectivity index (χ3n) is 6.00. The maximum Gasteiger partial charge on any atom is 0.103 e. The fraction of sp³-hybridized carbons (Fsp3) is 0.370. The van der Waals surface area contributed by atoms with Crippen molar-refractivity contribution in [2.24, 2.45) is 10.4 Å². The third-order valence-corrected chi connectivity index (χ3v) is 6.29. The van der Waals surface area contributed by atoms with Crippen molar-refractivity contribution in [1.82, 2.24) is 21.0 Å². The summed E-state index contributed by atoms with van der Waals surface area (Å²) in [4.78, 5) is 8.48. The number of aliphatic imine (C=N–C) groups is 1. The number of halogens is 1. The van der Waals surface area contributed by atoms with Gasteiger partial charge in [-0.15, -0.1) is 5.53 Å². The molecule has 0 amide bonds. The number of rotatable bonds is 9. The van der Waals surface area contributed by atoms with Gasteiger partial charge in [-0.1, -0.05) is 45.0 Å². The standard InChI is InChI=1S/C27H33ClN8O/c1-17(7-6-8-30-5)24(23-13-36(35-34-23)20-14-37-15-20)33-19-9-21-25(32-16-27(2,3)4)18(11-29)12-31-26(21)22(28)10-19/h6-10,12-13,20,24,33-35H,1,14-16H2,2-5H3,(H,31,32)/b7-6-,30-8?/t24-/m0/s1. The molecule has 2 aliphatic heterocycles. The first-order chi connectivity index (χ1) is 17.7. The third kappa shape index (κ3) is 6.23. The van der Waals surface area contributed by atoms with Gasteiger partial charge in [-0.3, -0.25) is 15.0 Å². The smallest absolute Gasteiger partial charge is 0.103 e. The van der Waals surface area contributed by atoms with E-state index in [0.717, 1.165) is 28.0 Å². The lowest BCUT2D eigenvalue weighted by Gasteiger charge is -2.33. The van der Waals surface area contributed by atoms with Crippen LogP contribution in [0.15, 0.2) is 59.5 Å². The average Bonchev–Trinajstić information content (AvgIpc) is 3.28. The minimum atomic E-state index is -0.299. The molecular formula is C27H33ClN8O. The number of nitrogens with zero attached hydrogens (tertiary/aromatic N) is 4. The van der Waals surface area contributed by atoms with Crippen molar-refractivity contribution in [2.75, 3.05) is 37.4 Å². The minimum absolute atomic E-state index is 0.0178. The average molecular weight is 521 g/mol. The van der Waals surface area contributed by atoms with Crippen molar-refractivity contribution >= 4 is 40.1 Å². The number of ether oxygens (including phenoxy) is 1. The van der Waals surface area contributed by atoms with E-state index in [9.17, 15) is 5.26 Å². The summed E-state index contributed by atoms with van der Waals surface area (Å²) in [7, 11) is 1.72. The Hall–Kier alpha value is -3.58. The first-order valence-corrected chi connectivity index (χ1v) is 12.5. The highest BCUT2D eigenvalue weighted by Gasteiger charge is 2.30. The number of hydrogen-bond acceptors (Lipinski definition) is 9. The molecule has 0 saturated carbocycles. The molecule has 9 nitrogen and oxygen atoms in total. The summed E-state index contributed by atoms with van der Waals surface area (Å²) >= 11 is 6.70. The molecule has 4 rings (SSSR count). The lowest BCUT2D eigenvalue weighted by atomic mass is 9.96. The van der Waals surface area contributed by atoms with Gasteiger partial charge in [0.25, 0.3) is 0 Å². The molecule has 0 bridgehead atoms. The molecule has 0 spiro atoms. The van der Waals surface area contributed by atoms with Gasteiger partial charge >= 0.3 is 0 Å². The van der Waals surface area contributed by atoms with E-state index >= 15 is 0 Å². The van der Waals surface area contributed by atoms with Crippen LogP contribution in [-0.4, -0.2) is 55.1 Å². The molecule has 2 aliphatic rings. The molecule has 1 fully saturated rings. The SMILES string of the molecule is C=C(/C=C\C=NC)[C@H](Nc1cc(Cl)c2ncc(C#N)c(NCC(C)(C)C)c2c1)C1=CN(C2COC2)NN1. The predicted molar refractivity (Wildman–Crippen MR) is 150 cm³/mol. The molecule has 194 valence electrons. The second-order valence-electron chi connectivity index (χ2n) is 10.3. The van der Waals surface area contributed by atoms with Crippen molar-refractivity contribution < 1.29 is 4.74 Å². The molecule has 0 aliphatic carbocycles. The topological polar surface area (TPSA) is 110 Å². The Morgan fingerprint density at radius 3 is 2.86 bits per heavy atom. The Kier molecular flexibility index (Phi) is 8.03. The number of nitriles is 1. The molecule has 3 heterocycles. The quantitative estimate of drug-likeness (QED) is 0.285. The van der Waals surface area contributed by atoms with Crippen LogP contribution < -0.4 is 21.6 Å². The van der Waals surface area contributed by atoms with E-state index in [4.69, 9.17) is 16.3 Å². The van der Waals surface area contributed by atoms with E-state index in [1.807, 2.05) is 35.5 Å². The largest absolute Gasteiger partial charge is 0.383 e. The summed E-state index contributed by atoms with van der Waals surface area (Å²) < 4.78 is 5.33. The molecule has 0 radical (unpaired) electrons. The molecular weight excluding hydrogens is 488 g/mol. The normalized spacial score (nSPS) is 17.0. The van der Waals surface area contributed by atoms with Gasteiger partial charge in [0.05, 0.1) is 52.8 Å². The molecule has 37 heavy (non-hydrogen) atoms. The highest BCUT2D eigenvalue weighted by atomic mass is 35.5. The van der Waals surface area contributed by atoms with Crippen LogP contribution >= 0.6 is 11.6 Å². The monoisotopic (exact) mass is 520 g/mol. The number of anilines is 2. The molecule has 0 unspecified atom stereocenters. The van der Waals surface area contributed by atoms with Crippen molar-refractivity contribution in [3.63, 3.8) is 0 Å². The first-order valence-electron chi connectivity index (χ1n) is 12.1. The first kappa shape index (κ1) is 26.5. The summed E-state index contributed by atoms with van der Waals surface area (Å²) in [5.74, 6) is 0. The number of hydrogen-bond donors (Lipinski definition) is 4. The lowest BCUT2D eigenvalue weighted by Crippen LogP contribution is -2.52. The number of nitrogens with one attached hydrogen (secondary N) is 4. The summed E-state index contributed by atoms with van der Waals surface area (Å²) in [6.07, 6.45) is 9.06. The van der Waals surface area contributed by atoms with E-state index in [2.05, 4.69) is 65.0 Å². The Bertz CT molecular complexity index is 1300. The highest BCUT2D eigenvalue weighted by molar-refractivity contribution is 6.35. The van der Waals surface area contributed by atoms with E-state index in [-0.39, 0.29) is 17.5 Å². The van der Waals surface area contributed by atoms with Crippen LogP contribution in [0.25, 0.3) is 10.9 Å². The van der Waals surface area contributed by atoms with Gasteiger partial charge in [-0.05, 0) is 29.2 Å². The molecule has 2 aromatic rings. The van der Waals surface area contributed by atoms with Gasteiger partial charge < -0.3 is 20.8 Å². The molecule has 1 atom stereocenters. The number of fused-ring (bicyclic) bond motifs is 1. The zero-order chi connectivity index (χ0) is 26.6. The molecule has 10 heteroatoms. The number of benzene rings is 1. The predicted octanol–water partition coefficient (Wildman–Crippen LogP) is 4.38. The van der Waals surface area contributed by atoms with Crippen LogP contribution in [0.3, 0.4) is 0 Å². The van der Waals surface area contributed by atoms with Gasteiger partial charge in [0.2, 0.25) is 0 Å². The summed E-state index contributed by atoms with van der Waals surface area (Å²) in [5, 5.41) is 20.0. The lowest BCUT2D eigenvalue weighted by molar-refractivity contribution is -0.0635. The number of allylic oxidation sites excluding steroid dienone is 1. The molecule has 4 N–H and O–H groups in total. The van der Waals surface area contributed by atoms with Crippen LogP contribution in [0.1, 0.15) is 26.3 Å². The van der Waals surface area contributed by atoms with Crippen molar-refractivity contribution in [2.45, 2.75) is 32.9 Å². The van der Waals surface area contributed by atoms with E-state index in [1.165, 1.54) is 0 Å². The van der Waals surface area contributed by atoms with E-state index in [1.54, 1.807) is 19.5 Å². The highest BCUT2D eigenvalue weighted by Crippen LogP contribution is 2.35. The van der Waals surface area contributed by atoms with Gasteiger partial charge in [0.1, 0.15) is 6.07 Å². The van der Waals surface area contributed by atoms with Gasteiger partial charge in [-0.25, -0.2) is 0 Å². The molecule has 1 aromatic heterocycles. The van der Waals surface area contributed by atoms with Crippen LogP contribution in [0.2, 0.25) is 5.02 Å². The van der Waals surface area contributed by atoms with Gasteiger partial charge in [-0.2, -0.15) is 5.26 Å². The Balaban J connectivity index is 1.72. The van der Waals surface area contributed by atoms with Crippen LogP contribution in [0.4, 0.5) is 11.4 Å². The van der Waals surface area contributed by atoms with Crippen LogP contribution in [-0.2, 0) is 4.74 Å². The van der Waals surface area contributed by atoms with E-state index < -0.39 is 0 Å². The van der Waals surface area contributed by atoms with Gasteiger partial charge in [0.15, 0.2) is 0 Å². The van der Waals surface area contributed by atoms with Crippen LogP contribution in [0, 0.1) is 16.7 Å². The fourth-order valence-electron chi connectivity index (χ4n) is 3.93. The van der Waals surface area contributed by atoms with Crippen molar-refractivity contribution in [3.05, 3.63) is 65.1 Å². The second-order valence-corrected chi connectivity index (χ2v) is 10.7. The van der Waals surface area contributed by atoms with E-state index in [0.29, 0.717) is 35.9 Å². The Morgan fingerprint density at radius 1 is 1.43 bits per heavy atom. The Morgan fingerprint density at radius 2 is 2.22 bits per heavy atom. The maximum absolute atomic E-state index is 9.76. The minimum Gasteiger partial charge on any atom is -0.383 e. The fourth-order valence-corrected chi connectivity index (χ4v) is 4.20. The van der Waals surface area contributed by atoms with Crippen LogP contribution in [0.5, 0.6) is 0 Å². The van der Waals surface area contributed by atoms with Crippen molar-refractivity contribution in [1.29, 1.82) is 5.26 Å². The summed E-state index contributed by atoms with van der Waals surface area (Å²) in [6, 6.07) is 6.03. The zero-order valence-electron chi connectivity index (χ0n) is 21.6. The number of pyridine rings is 1. The summed E-state index contributed by atoms with van der Waals surface area (Å²) in [5.41, 5.74) is 10.8. The second kappa shape index (κ2) is 11.2. The number of aromatic nitrogens is 1. The maximum atomic E-state index is 9.76. The molecule has 1 aromatic carbocycles. The van der Waals surface area contributed by atoms with Crippen molar-refractivity contribution in [3.8, 4) is 6.07 Å². The van der Waals surface area contributed by atoms with Gasteiger partial charge in [0, 0.05) is 43.3 Å². The number of hydrazine groups is 2. The molecule has 1 saturated heterocycles. The Labute approximate surface area is 222 Å².